The van der Waals surface area contributed by atoms with Gasteiger partial charge in [-0.05, 0) is 38.0 Å². The molecule has 2 aliphatic rings. The summed E-state index contributed by atoms with van der Waals surface area (Å²) in [5.74, 6) is 2.00. The van der Waals surface area contributed by atoms with E-state index in [4.69, 9.17) is 0 Å². The summed E-state index contributed by atoms with van der Waals surface area (Å²) >= 11 is 0. The standard InChI is InChI=1S/C11H21N/c1-9-6-10(2)12(7-9)8-11-4-3-5-11/h9-11H,3-8H2,1-2H3. The van der Waals surface area contributed by atoms with Gasteiger partial charge in [-0.2, -0.15) is 0 Å². The number of likely N-dealkylation sites (tertiary alicyclic amines) is 1. The summed E-state index contributed by atoms with van der Waals surface area (Å²) in [5.41, 5.74) is 0. The molecule has 70 valence electrons. The number of hydrogen-bond acceptors (Lipinski definition) is 1. The van der Waals surface area contributed by atoms with Crippen LogP contribution in [0.15, 0.2) is 0 Å². The smallest absolute Gasteiger partial charge is 0.00701 e. The van der Waals surface area contributed by atoms with Crippen LogP contribution in [0.1, 0.15) is 39.5 Å². The van der Waals surface area contributed by atoms with E-state index in [9.17, 15) is 0 Å². The van der Waals surface area contributed by atoms with Gasteiger partial charge in [0.2, 0.25) is 0 Å². The van der Waals surface area contributed by atoms with Crippen molar-refractivity contribution in [3.05, 3.63) is 0 Å². The zero-order valence-corrected chi connectivity index (χ0v) is 8.42. The highest BCUT2D eigenvalue weighted by Gasteiger charge is 2.29. The first kappa shape index (κ1) is 8.55. The molecule has 1 nitrogen and oxygen atoms in total. The molecule has 0 N–H and O–H groups in total. The van der Waals surface area contributed by atoms with Crippen molar-refractivity contribution in [2.75, 3.05) is 13.1 Å². The largest absolute Gasteiger partial charge is 0.300 e. The van der Waals surface area contributed by atoms with Crippen LogP contribution < -0.4 is 0 Å². The lowest BCUT2D eigenvalue weighted by molar-refractivity contribution is 0.171. The molecule has 0 radical (unpaired) electrons. The molecule has 0 aromatic heterocycles. The van der Waals surface area contributed by atoms with Crippen molar-refractivity contribution in [2.24, 2.45) is 11.8 Å². The fourth-order valence-electron chi connectivity index (χ4n) is 2.65. The summed E-state index contributed by atoms with van der Waals surface area (Å²) < 4.78 is 0. The van der Waals surface area contributed by atoms with E-state index in [0.29, 0.717) is 0 Å². The highest BCUT2D eigenvalue weighted by Crippen LogP contribution is 2.31. The lowest BCUT2D eigenvalue weighted by atomic mass is 9.85. The van der Waals surface area contributed by atoms with E-state index < -0.39 is 0 Å². The summed E-state index contributed by atoms with van der Waals surface area (Å²) in [6, 6.07) is 0.862. The number of nitrogens with zero attached hydrogens (tertiary/aromatic N) is 1. The quantitative estimate of drug-likeness (QED) is 0.611. The minimum absolute atomic E-state index is 0.862. The highest BCUT2D eigenvalue weighted by atomic mass is 15.2. The zero-order valence-electron chi connectivity index (χ0n) is 8.42. The number of hydrogen-bond donors (Lipinski definition) is 0. The van der Waals surface area contributed by atoms with Gasteiger partial charge >= 0.3 is 0 Å². The van der Waals surface area contributed by atoms with Gasteiger partial charge in [0.05, 0.1) is 0 Å². The molecule has 0 amide bonds. The van der Waals surface area contributed by atoms with E-state index in [1.807, 2.05) is 0 Å². The van der Waals surface area contributed by atoms with Gasteiger partial charge in [0, 0.05) is 19.1 Å². The second-order valence-electron chi connectivity index (χ2n) is 4.94. The van der Waals surface area contributed by atoms with Gasteiger partial charge in [0.15, 0.2) is 0 Å². The summed E-state index contributed by atoms with van der Waals surface area (Å²) in [7, 11) is 0. The molecule has 0 aromatic rings. The Morgan fingerprint density at radius 1 is 1.25 bits per heavy atom. The average Bonchev–Trinajstić information content (AvgIpc) is 2.21. The Balaban J connectivity index is 1.79. The molecular weight excluding hydrogens is 146 g/mol. The molecule has 1 aliphatic carbocycles. The van der Waals surface area contributed by atoms with Crippen molar-refractivity contribution in [2.45, 2.75) is 45.6 Å². The van der Waals surface area contributed by atoms with Gasteiger partial charge in [-0.1, -0.05) is 13.3 Å². The second-order valence-corrected chi connectivity index (χ2v) is 4.94. The Labute approximate surface area is 76.1 Å². The van der Waals surface area contributed by atoms with Gasteiger partial charge in [-0.3, -0.25) is 0 Å². The second kappa shape index (κ2) is 3.37. The maximum Gasteiger partial charge on any atom is 0.00701 e. The molecule has 2 fully saturated rings. The van der Waals surface area contributed by atoms with E-state index >= 15 is 0 Å². The van der Waals surface area contributed by atoms with Crippen molar-refractivity contribution in [1.29, 1.82) is 0 Å². The fraction of sp³-hybridized carbons (Fsp3) is 1.00. The molecule has 2 rings (SSSR count). The van der Waals surface area contributed by atoms with Crippen LogP contribution in [0.4, 0.5) is 0 Å². The average molecular weight is 167 g/mol. The van der Waals surface area contributed by atoms with E-state index in [2.05, 4.69) is 18.7 Å². The van der Waals surface area contributed by atoms with Crippen LogP contribution in [0.3, 0.4) is 0 Å². The Morgan fingerprint density at radius 3 is 2.42 bits per heavy atom. The molecule has 2 atom stereocenters. The van der Waals surface area contributed by atoms with Gasteiger partial charge < -0.3 is 4.90 Å². The molecule has 12 heavy (non-hydrogen) atoms. The Kier molecular flexibility index (Phi) is 2.40. The van der Waals surface area contributed by atoms with Gasteiger partial charge in [-0.25, -0.2) is 0 Å². The van der Waals surface area contributed by atoms with Crippen LogP contribution in [0.25, 0.3) is 0 Å². The highest BCUT2D eigenvalue weighted by molar-refractivity contribution is 4.83. The van der Waals surface area contributed by atoms with Crippen LogP contribution in [-0.2, 0) is 0 Å². The van der Waals surface area contributed by atoms with Crippen LogP contribution in [0, 0.1) is 11.8 Å². The monoisotopic (exact) mass is 167 g/mol. The lowest BCUT2D eigenvalue weighted by Crippen LogP contribution is -2.34. The molecule has 1 saturated carbocycles. The predicted octanol–water partition coefficient (Wildman–Crippen LogP) is 2.52. The normalized spacial score (nSPS) is 38.5. The summed E-state index contributed by atoms with van der Waals surface area (Å²) in [6.45, 7) is 7.53. The minimum atomic E-state index is 0.862. The minimum Gasteiger partial charge on any atom is -0.300 e. The van der Waals surface area contributed by atoms with Crippen molar-refractivity contribution < 1.29 is 0 Å². The Bertz CT molecular complexity index is 151. The first-order valence-corrected chi connectivity index (χ1v) is 5.49. The Morgan fingerprint density at radius 2 is 2.00 bits per heavy atom. The molecule has 0 aromatic carbocycles. The first-order chi connectivity index (χ1) is 5.75. The van der Waals surface area contributed by atoms with Gasteiger partial charge in [0.25, 0.3) is 0 Å². The molecule has 0 spiro atoms. The Hall–Kier alpha value is -0.0400. The summed E-state index contributed by atoms with van der Waals surface area (Å²) in [4.78, 5) is 2.70. The first-order valence-electron chi connectivity index (χ1n) is 5.49. The van der Waals surface area contributed by atoms with E-state index in [1.54, 1.807) is 0 Å². The van der Waals surface area contributed by atoms with Crippen molar-refractivity contribution in [1.82, 2.24) is 4.90 Å². The number of rotatable bonds is 2. The van der Waals surface area contributed by atoms with Crippen LogP contribution in [0.5, 0.6) is 0 Å². The molecule has 1 saturated heterocycles. The van der Waals surface area contributed by atoms with E-state index in [-0.39, 0.29) is 0 Å². The van der Waals surface area contributed by atoms with Crippen LogP contribution in [-0.4, -0.2) is 24.0 Å². The molecule has 1 aliphatic heterocycles. The fourth-order valence-corrected chi connectivity index (χ4v) is 2.65. The molecule has 2 unspecified atom stereocenters. The SMILES string of the molecule is CC1CC(C)N(CC2CCC2)C1. The maximum absolute atomic E-state index is 2.70. The van der Waals surface area contributed by atoms with Gasteiger partial charge in [0.1, 0.15) is 0 Å². The van der Waals surface area contributed by atoms with E-state index in [0.717, 1.165) is 17.9 Å². The van der Waals surface area contributed by atoms with Crippen molar-refractivity contribution in [3.63, 3.8) is 0 Å². The molecule has 1 heterocycles. The van der Waals surface area contributed by atoms with Crippen molar-refractivity contribution in [3.8, 4) is 0 Å². The topological polar surface area (TPSA) is 3.24 Å². The molecule has 1 heteroatoms. The summed E-state index contributed by atoms with van der Waals surface area (Å²) in [6.07, 6.45) is 5.91. The zero-order chi connectivity index (χ0) is 8.55. The van der Waals surface area contributed by atoms with Gasteiger partial charge in [-0.15, -0.1) is 0 Å². The third kappa shape index (κ3) is 1.66. The molecule has 0 bridgehead atoms. The molecular formula is C11H21N. The van der Waals surface area contributed by atoms with Crippen molar-refractivity contribution >= 4 is 0 Å². The summed E-state index contributed by atoms with van der Waals surface area (Å²) in [5, 5.41) is 0. The third-order valence-corrected chi connectivity index (χ3v) is 3.63. The van der Waals surface area contributed by atoms with Crippen LogP contribution >= 0.6 is 0 Å². The van der Waals surface area contributed by atoms with Crippen LogP contribution in [0.2, 0.25) is 0 Å². The predicted molar refractivity (Wildman–Crippen MR) is 52.2 cm³/mol. The third-order valence-electron chi connectivity index (χ3n) is 3.63. The maximum atomic E-state index is 2.70. The lowest BCUT2D eigenvalue weighted by Gasteiger charge is -2.32. The van der Waals surface area contributed by atoms with E-state index in [1.165, 1.54) is 38.8 Å².